The Bertz CT molecular complexity index is 570. The van der Waals surface area contributed by atoms with E-state index in [4.69, 9.17) is 9.96 Å². The van der Waals surface area contributed by atoms with Crippen molar-refractivity contribution in [3.8, 4) is 5.75 Å². The second kappa shape index (κ2) is 7.86. The average molecular weight is 382 g/mol. The molecule has 1 rings (SSSR count). The molecule has 0 saturated carbocycles. The number of allylic oxidation sites excluding steroid dienone is 1. The van der Waals surface area contributed by atoms with Crippen LogP contribution in [0.1, 0.15) is 26.3 Å². The third-order valence-electron chi connectivity index (χ3n) is 4.03. The third-order valence-corrected chi connectivity index (χ3v) is 8.99. The molecule has 0 saturated heterocycles. The first-order valence-electron chi connectivity index (χ1n) is 7.26. The van der Waals surface area contributed by atoms with Gasteiger partial charge in [0.15, 0.2) is 0 Å². The molecule has 0 N–H and O–H groups in total. The van der Waals surface area contributed by atoms with Crippen LogP contribution in [-0.2, 0) is 0 Å². The fourth-order valence-electron chi connectivity index (χ4n) is 1.62. The number of benzene rings is 1. The highest BCUT2D eigenvalue weighted by Gasteiger charge is 2.38. The zero-order chi connectivity index (χ0) is 16.8. The largest absolute Gasteiger partial charge is 0.544 e. The first-order valence-corrected chi connectivity index (χ1v) is 11.3. The lowest BCUT2D eigenvalue weighted by Crippen LogP contribution is -2.43. The van der Waals surface area contributed by atoms with Crippen molar-refractivity contribution in [2.45, 2.75) is 38.9 Å². The van der Waals surface area contributed by atoms with Crippen molar-refractivity contribution in [1.29, 1.82) is 0 Å². The van der Waals surface area contributed by atoms with Crippen molar-refractivity contribution in [3.63, 3.8) is 0 Å². The molecular formula is C16H24BrN3OSi. The lowest BCUT2D eigenvalue weighted by Gasteiger charge is -2.36. The Kier molecular flexibility index (Phi) is 6.72. The van der Waals surface area contributed by atoms with Crippen LogP contribution in [0.5, 0.6) is 5.75 Å². The van der Waals surface area contributed by atoms with E-state index in [1.807, 2.05) is 30.3 Å². The maximum Gasteiger partial charge on any atom is 0.250 e. The van der Waals surface area contributed by atoms with Crippen molar-refractivity contribution >= 4 is 29.8 Å². The minimum Gasteiger partial charge on any atom is -0.544 e. The van der Waals surface area contributed by atoms with Crippen LogP contribution in [0.4, 0.5) is 0 Å². The van der Waals surface area contributed by atoms with Gasteiger partial charge < -0.3 is 4.43 Å². The molecule has 4 nitrogen and oxygen atoms in total. The Hall–Kier alpha value is -1.23. The van der Waals surface area contributed by atoms with Crippen molar-refractivity contribution in [2.24, 2.45) is 5.11 Å². The first kappa shape index (κ1) is 18.8. The molecule has 0 aliphatic heterocycles. The second-order valence-corrected chi connectivity index (χ2v) is 11.9. The van der Waals surface area contributed by atoms with Gasteiger partial charge in [-0.3, -0.25) is 0 Å². The van der Waals surface area contributed by atoms with E-state index in [-0.39, 0.29) is 5.04 Å². The molecule has 0 heterocycles. The summed E-state index contributed by atoms with van der Waals surface area (Å²) in [6, 6.07) is 8.12. The van der Waals surface area contributed by atoms with E-state index < -0.39 is 8.32 Å². The molecule has 1 aromatic rings. The molecule has 6 heteroatoms. The van der Waals surface area contributed by atoms with Gasteiger partial charge in [0.25, 0.3) is 0 Å². The summed E-state index contributed by atoms with van der Waals surface area (Å²) >= 11 is 3.47. The van der Waals surface area contributed by atoms with E-state index >= 15 is 0 Å². The number of azide groups is 1. The quantitative estimate of drug-likeness (QED) is 0.191. The molecule has 1 aromatic carbocycles. The summed E-state index contributed by atoms with van der Waals surface area (Å²) in [5.74, 6) is 0.916. The lowest BCUT2D eigenvalue weighted by atomic mass is 10.1. The molecule has 120 valence electrons. The predicted octanol–water partition coefficient (Wildman–Crippen LogP) is 6.16. The third kappa shape index (κ3) is 5.20. The maximum atomic E-state index is 8.34. The number of hydrogen-bond donors (Lipinski definition) is 0. The topological polar surface area (TPSA) is 58.0 Å². The van der Waals surface area contributed by atoms with E-state index in [9.17, 15) is 0 Å². The Morgan fingerprint density at radius 1 is 1.32 bits per heavy atom. The van der Waals surface area contributed by atoms with Crippen LogP contribution in [0.15, 0.2) is 35.5 Å². The normalized spacial score (nSPS) is 12.7. The lowest BCUT2D eigenvalue weighted by molar-refractivity contribution is 0.492. The van der Waals surface area contributed by atoms with Gasteiger partial charge >= 0.3 is 0 Å². The van der Waals surface area contributed by atoms with Gasteiger partial charge in [0.1, 0.15) is 5.75 Å². The zero-order valence-electron chi connectivity index (χ0n) is 13.9. The van der Waals surface area contributed by atoms with Gasteiger partial charge in [-0.1, -0.05) is 60.0 Å². The van der Waals surface area contributed by atoms with Crippen LogP contribution < -0.4 is 4.43 Å². The first-order chi connectivity index (χ1) is 10.2. The fourth-order valence-corrected chi connectivity index (χ4v) is 3.21. The number of alkyl halides is 1. The van der Waals surface area contributed by atoms with Crippen LogP contribution in [0.3, 0.4) is 0 Å². The molecule has 0 amide bonds. The van der Waals surface area contributed by atoms with E-state index in [1.54, 1.807) is 0 Å². The molecular weight excluding hydrogens is 358 g/mol. The van der Waals surface area contributed by atoms with Gasteiger partial charge in [0, 0.05) is 16.8 Å². The molecule has 0 aliphatic carbocycles. The van der Waals surface area contributed by atoms with Gasteiger partial charge in [-0.2, -0.15) is 0 Å². The summed E-state index contributed by atoms with van der Waals surface area (Å²) < 4.78 is 6.27. The fraction of sp³-hybridized carbons (Fsp3) is 0.500. The molecule has 0 unspecified atom stereocenters. The number of nitrogens with zero attached hydrogens (tertiary/aromatic N) is 3. The van der Waals surface area contributed by atoms with E-state index in [2.05, 4.69) is 59.8 Å². The molecule has 0 bridgehead atoms. The van der Waals surface area contributed by atoms with Crippen molar-refractivity contribution in [1.82, 2.24) is 0 Å². The molecule has 0 spiro atoms. The molecule has 0 radical (unpaired) electrons. The van der Waals surface area contributed by atoms with Gasteiger partial charge in [0.2, 0.25) is 8.32 Å². The highest BCUT2D eigenvalue weighted by atomic mass is 79.9. The Morgan fingerprint density at radius 2 is 1.91 bits per heavy atom. The standard InChI is InChI=1S/C16H24BrN3OSi/c1-16(2,3)22(4,5)21-15-8-6-13(7-9-15)14(12-17)10-11-19-20-18/h6-10H,11-12H2,1-5H3/b14-10+. The number of halogens is 1. The van der Waals surface area contributed by atoms with Crippen LogP contribution in [0, 0.1) is 0 Å². The second-order valence-electron chi connectivity index (χ2n) is 6.66. The predicted molar refractivity (Wildman–Crippen MR) is 100 cm³/mol. The van der Waals surface area contributed by atoms with Gasteiger partial charge in [-0.25, -0.2) is 0 Å². The molecule has 0 aromatic heterocycles. The summed E-state index contributed by atoms with van der Waals surface area (Å²) in [6.07, 6.45) is 1.93. The summed E-state index contributed by atoms with van der Waals surface area (Å²) in [5.41, 5.74) is 10.5. The van der Waals surface area contributed by atoms with Crippen molar-refractivity contribution < 1.29 is 4.43 Å². The van der Waals surface area contributed by atoms with E-state index in [1.165, 1.54) is 0 Å². The summed E-state index contributed by atoms with van der Waals surface area (Å²) in [7, 11) is -1.80. The average Bonchev–Trinajstić information content (AvgIpc) is 2.43. The highest BCUT2D eigenvalue weighted by Crippen LogP contribution is 2.37. The smallest absolute Gasteiger partial charge is 0.250 e. The van der Waals surface area contributed by atoms with Crippen LogP contribution >= 0.6 is 15.9 Å². The molecule has 0 aliphatic rings. The number of rotatable bonds is 6. The Morgan fingerprint density at radius 3 is 2.36 bits per heavy atom. The van der Waals surface area contributed by atoms with Gasteiger partial charge in [0.05, 0.1) is 0 Å². The summed E-state index contributed by atoms with van der Waals surface area (Å²) in [4.78, 5) is 2.76. The van der Waals surface area contributed by atoms with Crippen molar-refractivity contribution in [3.05, 3.63) is 46.3 Å². The van der Waals surface area contributed by atoms with Crippen LogP contribution in [0.2, 0.25) is 18.1 Å². The molecule has 22 heavy (non-hydrogen) atoms. The van der Waals surface area contributed by atoms with Gasteiger partial charge in [-0.15, -0.1) is 0 Å². The Labute approximate surface area is 142 Å². The Balaban J connectivity index is 2.90. The van der Waals surface area contributed by atoms with E-state index in [0.717, 1.165) is 22.2 Å². The highest BCUT2D eigenvalue weighted by molar-refractivity contribution is 9.09. The monoisotopic (exact) mass is 381 g/mol. The maximum absolute atomic E-state index is 8.34. The van der Waals surface area contributed by atoms with Gasteiger partial charge in [-0.05, 0) is 46.9 Å². The van der Waals surface area contributed by atoms with Crippen LogP contribution in [0.25, 0.3) is 16.0 Å². The summed E-state index contributed by atoms with van der Waals surface area (Å²) in [6.45, 7) is 11.5. The summed E-state index contributed by atoms with van der Waals surface area (Å²) in [5, 5.41) is 4.44. The van der Waals surface area contributed by atoms with Crippen LogP contribution in [-0.4, -0.2) is 20.2 Å². The molecule has 0 atom stereocenters. The number of hydrogen-bond acceptors (Lipinski definition) is 2. The zero-order valence-corrected chi connectivity index (χ0v) is 16.5. The van der Waals surface area contributed by atoms with E-state index in [0.29, 0.717) is 6.54 Å². The minimum atomic E-state index is -1.80. The van der Waals surface area contributed by atoms with Crippen molar-refractivity contribution in [2.75, 3.05) is 11.9 Å². The SMILES string of the molecule is CC(C)(C)[Si](C)(C)Oc1ccc(/C(=C/CN=[N+]=[N-])CBr)cc1. The molecule has 0 fully saturated rings. The minimum absolute atomic E-state index is 0.182.